The van der Waals surface area contributed by atoms with Gasteiger partial charge in [-0.05, 0) is 37.5 Å². The van der Waals surface area contributed by atoms with E-state index in [0.717, 1.165) is 32.0 Å². The summed E-state index contributed by atoms with van der Waals surface area (Å²) in [5.74, 6) is 1.62. The number of hydrogen-bond acceptors (Lipinski definition) is 2. The van der Waals surface area contributed by atoms with E-state index < -0.39 is 5.60 Å². The highest BCUT2D eigenvalue weighted by molar-refractivity contribution is 4.96. The first-order valence-electron chi connectivity index (χ1n) is 5.93. The van der Waals surface area contributed by atoms with Crippen molar-refractivity contribution in [1.82, 2.24) is 0 Å². The van der Waals surface area contributed by atoms with Gasteiger partial charge in [-0.2, -0.15) is 0 Å². The first-order valence-corrected chi connectivity index (χ1v) is 5.93. The van der Waals surface area contributed by atoms with Crippen LogP contribution in [0.3, 0.4) is 0 Å². The lowest BCUT2D eigenvalue weighted by atomic mass is 9.66. The van der Waals surface area contributed by atoms with Crippen LogP contribution in [0.1, 0.15) is 39.5 Å². The molecule has 2 rings (SSSR count). The van der Waals surface area contributed by atoms with Gasteiger partial charge in [-0.3, -0.25) is 0 Å². The lowest BCUT2D eigenvalue weighted by molar-refractivity contribution is -0.0985. The van der Waals surface area contributed by atoms with Gasteiger partial charge in [-0.25, -0.2) is 0 Å². The Morgan fingerprint density at radius 1 is 1.29 bits per heavy atom. The Morgan fingerprint density at radius 2 is 2.07 bits per heavy atom. The third-order valence-corrected chi connectivity index (χ3v) is 4.28. The Kier molecular flexibility index (Phi) is 2.85. The van der Waals surface area contributed by atoms with Crippen LogP contribution in [0, 0.1) is 17.8 Å². The van der Waals surface area contributed by atoms with Crippen molar-refractivity contribution >= 4 is 0 Å². The molecule has 0 radical (unpaired) electrons. The molecule has 1 heterocycles. The molecule has 1 saturated carbocycles. The zero-order chi connectivity index (χ0) is 10.2. The minimum Gasteiger partial charge on any atom is -0.389 e. The second kappa shape index (κ2) is 3.82. The Bertz CT molecular complexity index is 198. The van der Waals surface area contributed by atoms with Gasteiger partial charge in [0.25, 0.3) is 0 Å². The minimum absolute atomic E-state index is 0.394. The van der Waals surface area contributed by atoms with E-state index in [-0.39, 0.29) is 0 Å². The van der Waals surface area contributed by atoms with Crippen LogP contribution in [0.15, 0.2) is 0 Å². The average molecular weight is 198 g/mol. The number of hydrogen-bond donors (Lipinski definition) is 1. The average Bonchev–Trinajstić information content (AvgIpc) is 2.65. The van der Waals surface area contributed by atoms with Gasteiger partial charge in [0.15, 0.2) is 0 Å². The molecule has 0 amide bonds. The molecule has 0 aromatic carbocycles. The summed E-state index contributed by atoms with van der Waals surface area (Å²) in [4.78, 5) is 0. The van der Waals surface area contributed by atoms with Gasteiger partial charge >= 0.3 is 0 Å². The Hall–Kier alpha value is -0.0800. The standard InChI is InChI=1S/C12H22O2/c1-9-3-5-12(13,10(2)7-9)11-4-6-14-8-11/h9-11,13H,3-8H2,1-2H3. The molecular weight excluding hydrogens is 176 g/mol. The van der Waals surface area contributed by atoms with Crippen molar-refractivity contribution in [3.8, 4) is 0 Å². The zero-order valence-electron chi connectivity index (χ0n) is 9.33. The van der Waals surface area contributed by atoms with Crippen molar-refractivity contribution in [2.75, 3.05) is 13.2 Å². The molecule has 14 heavy (non-hydrogen) atoms. The van der Waals surface area contributed by atoms with Gasteiger partial charge in [0, 0.05) is 12.5 Å². The summed E-state index contributed by atoms with van der Waals surface area (Å²) in [5, 5.41) is 10.7. The summed E-state index contributed by atoms with van der Waals surface area (Å²) in [5.41, 5.74) is -0.428. The van der Waals surface area contributed by atoms with Gasteiger partial charge < -0.3 is 9.84 Å². The number of ether oxygens (including phenoxy) is 1. The van der Waals surface area contributed by atoms with Crippen LogP contribution in [-0.2, 0) is 4.74 Å². The van der Waals surface area contributed by atoms with Gasteiger partial charge in [0.2, 0.25) is 0 Å². The highest BCUT2D eigenvalue weighted by atomic mass is 16.5. The van der Waals surface area contributed by atoms with Gasteiger partial charge in [-0.15, -0.1) is 0 Å². The topological polar surface area (TPSA) is 29.5 Å². The predicted molar refractivity (Wildman–Crippen MR) is 56.1 cm³/mol. The Balaban J connectivity index is 2.05. The van der Waals surface area contributed by atoms with Gasteiger partial charge in [-0.1, -0.05) is 13.8 Å². The van der Waals surface area contributed by atoms with Crippen molar-refractivity contribution in [3.05, 3.63) is 0 Å². The summed E-state index contributed by atoms with van der Waals surface area (Å²) in [7, 11) is 0. The van der Waals surface area contributed by atoms with Crippen molar-refractivity contribution in [2.45, 2.75) is 45.1 Å². The molecule has 1 N–H and O–H groups in total. The number of aliphatic hydroxyl groups is 1. The first kappa shape index (κ1) is 10.4. The minimum atomic E-state index is -0.428. The molecule has 2 fully saturated rings. The van der Waals surface area contributed by atoms with Crippen molar-refractivity contribution in [1.29, 1.82) is 0 Å². The van der Waals surface area contributed by atoms with Crippen LogP contribution in [-0.4, -0.2) is 23.9 Å². The summed E-state index contributed by atoms with van der Waals surface area (Å²) in [6.45, 7) is 6.11. The normalized spacial score (nSPS) is 49.5. The molecular formula is C12H22O2. The molecule has 2 nitrogen and oxygen atoms in total. The summed E-state index contributed by atoms with van der Waals surface area (Å²) in [6, 6.07) is 0. The van der Waals surface area contributed by atoms with Gasteiger partial charge in [0.05, 0.1) is 12.2 Å². The third-order valence-electron chi connectivity index (χ3n) is 4.28. The zero-order valence-corrected chi connectivity index (χ0v) is 9.33. The number of rotatable bonds is 1. The monoisotopic (exact) mass is 198 g/mol. The smallest absolute Gasteiger partial charge is 0.0724 e. The van der Waals surface area contributed by atoms with E-state index in [1.807, 2.05) is 0 Å². The maximum Gasteiger partial charge on any atom is 0.0724 e. The van der Waals surface area contributed by atoms with E-state index in [0.29, 0.717) is 11.8 Å². The molecule has 1 aliphatic heterocycles. The van der Waals surface area contributed by atoms with Crippen LogP contribution < -0.4 is 0 Å². The summed E-state index contributed by atoms with van der Waals surface area (Å²) >= 11 is 0. The van der Waals surface area contributed by atoms with Crippen molar-refractivity contribution < 1.29 is 9.84 Å². The fourth-order valence-electron chi connectivity index (χ4n) is 3.18. The van der Waals surface area contributed by atoms with E-state index in [9.17, 15) is 5.11 Å². The Morgan fingerprint density at radius 3 is 2.64 bits per heavy atom. The fourth-order valence-corrected chi connectivity index (χ4v) is 3.18. The maximum atomic E-state index is 10.7. The van der Waals surface area contributed by atoms with Crippen LogP contribution in [0.4, 0.5) is 0 Å². The lowest BCUT2D eigenvalue weighted by Crippen LogP contribution is -2.47. The molecule has 2 aliphatic rings. The molecule has 82 valence electrons. The molecule has 4 atom stereocenters. The molecule has 1 saturated heterocycles. The first-order chi connectivity index (χ1) is 6.63. The van der Waals surface area contributed by atoms with Crippen LogP contribution >= 0.6 is 0 Å². The highest BCUT2D eigenvalue weighted by Gasteiger charge is 2.45. The van der Waals surface area contributed by atoms with Crippen LogP contribution in [0.2, 0.25) is 0 Å². The van der Waals surface area contributed by atoms with E-state index in [4.69, 9.17) is 4.74 Å². The highest BCUT2D eigenvalue weighted by Crippen LogP contribution is 2.43. The molecule has 0 bridgehead atoms. The molecule has 1 aliphatic carbocycles. The molecule has 0 aromatic rings. The van der Waals surface area contributed by atoms with E-state index in [1.165, 1.54) is 12.8 Å². The predicted octanol–water partition coefficient (Wildman–Crippen LogP) is 2.21. The third kappa shape index (κ3) is 1.70. The molecule has 0 spiro atoms. The molecule has 0 aromatic heterocycles. The second-order valence-electron chi connectivity index (χ2n) is 5.33. The SMILES string of the molecule is CC1CCC(O)(C2CCOC2)C(C)C1. The van der Waals surface area contributed by atoms with E-state index >= 15 is 0 Å². The maximum absolute atomic E-state index is 10.7. The van der Waals surface area contributed by atoms with E-state index in [2.05, 4.69) is 13.8 Å². The van der Waals surface area contributed by atoms with E-state index in [1.54, 1.807) is 0 Å². The van der Waals surface area contributed by atoms with Crippen LogP contribution in [0.25, 0.3) is 0 Å². The quantitative estimate of drug-likeness (QED) is 0.700. The largest absolute Gasteiger partial charge is 0.389 e. The second-order valence-corrected chi connectivity index (χ2v) is 5.33. The summed E-state index contributed by atoms with van der Waals surface area (Å²) in [6.07, 6.45) is 4.38. The summed E-state index contributed by atoms with van der Waals surface area (Å²) < 4.78 is 5.39. The van der Waals surface area contributed by atoms with Crippen molar-refractivity contribution in [2.24, 2.45) is 17.8 Å². The molecule has 2 heteroatoms. The molecule has 4 unspecified atom stereocenters. The van der Waals surface area contributed by atoms with Crippen molar-refractivity contribution in [3.63, 3.8) is 0 Å². The fraction of sp³-hybridized carbons (Fsp3) is 1.00. The van der Waals surface area contributed by atoms with Gasteiger partial charge in [0.1, 0.15) is 0 Å². The lowest BCUT2D eigenvalue weighted by Gasteiger charge is -2.44. The van der Waals surface area contributed by atoms with Crippen LogP contribution in [0.5, 0.6) is 0 Å². The Labute approximate surface area is 86.6 Å².